The number of ketones is 1. The molecular formula is C42H42N8O10. The number of aromatic nitrogens is 8. The molecule has 0 aliphatic carbocycles. The third kappa shape index (κ3) is 11.1. The molecule has 0 spiro atoms. The van der Waals surface area contributed by atoms with Crippen LogP contribution in [0.4, 0.5) is 0 Å². The van der Waals surface area contributed by atoms with Crippen molar-refractivity contribution in [2.24, 2.45) is 0 Å². The van der Waals surface area contributed by atoms with Gasteiger partial charge in [0.15, 0.2) is 12.1 Å². The van der Waals surface area contributed by atoms with Gasteiger partial charge >= 0.3 is 11.9 Å². The van der Waals surface area contributed by atoms with Crippen molar-refractivity contribution >= 4 is 24.0 Å². The molecule has 0 N–H and O–H groups in total. The molecule has 6 aromatic rings. The van der Waals surface area contributed by atoms with Crippen LogP contribution >= 0.6 is 0 Å². The Hall–Kier alpha value is -7.50. The van der Waals surface area contributed by atoms with E-state index in [1.165, 1.54) is 45.9 Å². The van der Waals surface area contributed by atoms with Crippen molar-refractivity contribution in [2.75, 3.05) is 27.9 Å². The van der Waals surface area contributed by atoms with E-state index in [0.717, 1.165) is 5.56 Å². The summed E-state index contributed by atoms with van der Waals surface area (Å²) in [7, 11) is 4.25. The molecule has 0 bridgehead atoms. The monoisotopic (exact) mass is 818 g/mol. The molecule has 0 amide bonds. The van der Waals surface area contributed by atoms with Crippen molar-refractivity contribution in [1.82, 2.24) is 39.5 Å². The van der Waals surface area contributed by atoms with Gasteiger partial charge in [-0.2, -0.15) is 10.2 Å². The number of hydrogen-bond acceptors (Lipinski definition) is 16. The summed E-state index contributed by atoms with van der Waals surface area (Å²) in [5.41, 5.74) is 4.34. The molecule has 0 radical (unpaired) electrons. The smallest absolute Gasteiger partial charge is 0.307 e. The highest BCUT2D eigenvalue weighted by Gasteiger charge is 2.18. The van der Waals surface area contributed by atoms with Crippen molar-refractivity contribution < 1.29 is 47.6 Å². The number of aryl methyl sites for hydroxylation is 2. The minimum Gasteiger partial charge on any atom is -0.486 e. The van der Waals surface area contributed by atoms with Gasteiger partial charge in [-0.25, -0.2) is 9.97 Å². The Kier molecular flexibility index (Phi) is 14.6. The Balaban J connectivity index is 0.982. The number of hydrogen-bond donors (Lipinski definition) is 0. The van der Waals surface area contributed by atoms with Crippen LogP contribution in [-0.2, 0) is 45.4 Å². The quantitative estimate of drug-likeness (QED) is 0.0376. The highest BCUT2D eigenvalue weighted by Crippen LogP contribution is 2.28. The first-order chi connectivity index (χ1) is 29.3. The summed E-state index contributed by atoms with van der Waals surface area (Å²) in [5.74, 6) is 0.0667. The van der Waals surface area contributed by atoms with Crippen LogP contribution in [0.15, 0.2) is 85.7 Å². The maximum Gasteiger partial charge on any atom is 0.307 e. The molecule has 0 saturated carbocycles. The molecule has 0 aliphatic rings. The lowest BCUT2D eigenvalue weighted by Gasteiger charge is -2.13. The number of rotatable bonds is 22. The number of nitrogens with zero attached hydrogens (tertiary/aromatic N) is 8. The number of aldehydes is 1. The van der Waals surface area contributed by atoms with Gasteiger partial charge in [0.1, 0.15) is 36.1 Å². The summed E-state index contributed by atoms with van der Waals surface area (Å²) in [6, 6.07) is 13.8. The lowest BCUT2D eigenvalue weighted by molar-refractivity contribution is -0.144. The van der Waals surface area contributed by atoms with Gasteiger partial charge in [0.2, 0.25) is 11.8 Å². The van der Waals surface area contributed by atoms with Crippen molar-refractivity contribution in [1.29, 1.82) is 0 Å². The van der Waals surface area contributed by atoms with Crippen molar-refractivity contribution in [3.63, 3.8) is 0 Å². The molecule has 6 heterocycles. The molecule has 6 aromatic heterocycles. The summed E-state index contributed by atoms with van der Waals surface area (Å²) in [6.07, 6.45) is 10.9. The van der Waals surface area contributed by atoms with Gasteiger partial charge in [-0.3, -0.25) is 38.5 Å². The topological polar surface area (TPSA) is 211 Å². The molecule has 0 aromatic carbocycles. The van der Waals surface area contributed by atoms with Gasteiger partial charge < -0.3 is 28.4 Å². The number of esters is 2. The molecule has 0 saturated heterocycles. The van der Waals surface area contributed by atoms with Gasteiger partial charge in [-0.1, -0.05) is 12.1 Å². The predicted octanol–water partition coefficient (Wildman–Crippen LogP) is 5.14. The van der Waals surface area contributed by atoms with E-state index in [0.29, 0.717) is 58.4 Å². The van der Waals surface area contributed by atoms with E-state index in [4.69, 9.17) is 28.4 Å². The molecule has 60 heavy (non-hydrogen) atoms. The number of carbonyl (C=O) groups excluding carboxylic acids is 4. The minimum atomic E-state index is -0.444. The van der Waals surface area contributed by atoms with E-state index in [2.05, 4.69) is 30.1 Å². The number of pyridine rings is 4. The van der Waals surface area contributed by atoms with Crippen LogP contribution in [0.3, 0.4) is 0 Å². The van der Waals surface area contributed by atoms with Gasteiger partial charge in [0.05, 0.1) is 88.8 Å². The first-order valence-corrected chi connectivity index (χ1v) is 18.8. The Morgan fingerprint density at radius 1 is 0.683 bits per heavy atom. The van der Waals surface area contributed by atoms with Crippen LogP contribution < -0.4 is 18.9 Å². The molecule has 18 heteroatoms. The zero-order valence-corrected chi connectivity index (χ0v) is 33.2. The minimum absolute atomic E-state index is 0.0332. The second-order valence-electron chi connectivity index (χ2n) is 13.0. The zero-order chi connectivity index (χ0) is 42.3. The lowest BCUT2D eigenvalue weighted by Crippen LogP contribution is -2.12. The Labute approximate surface area is 344 Å². The fourth-order valence-corrected chi connectivity index (χ4v) is 5.88. The SMILES string of the molecule is COC(=O)CCn1ccc(-c2ncccc2COc2cnc(OC)cc2C(=O)CCCOC(=O)CCn2ccc(-c3ncccc3COc3cnc(OC)cc3C=O)n2)n1. The fraction of sp³-hybridized carbons (Fsp3) is 0.286. The number of methoxy groups -OCH3 is 3. The lowest BCUT2D eigenvalue weighted by atomic mass is 10.1. The molecule has 0 unspecified atom stereocenters. The van der Waals surface area contributed by atoms with Gasteiger partial charge in [0, 0.05) is 54.5 Å². The maximum atomic E-state index is 13.4. The average Bonchev–Trinajstić information content (AvgIpc) is 3.98. The Bertz CT molecular complexity index is 2430. The van der Waals surface area contributed by atoms with Crippen molar-refractivity contribution in [3.05, 3.63) is 108 Å². The predicted molar refractivity (Wildman–Crippen MR) is 212 cm³/mol. The molecule has 18 nitrogen and oxygen atoms in total. The molecule has 6 rings (SSSR count). The normalized spacial score (nSPS) is 10.8. The van der Waals surface area contributed by atoms with Gasteiger partial charge in [-0.05, 0) is 30.7 Å². The van der Waals surface area contributed by atoms with Crippen LogP contribution in [0.2, 0.25) is 0 Å². The first-order valence-electron chi connectivity index (χ1n) is 18.8. The maximum absolute atomic E-state index is 13.4. The Morgan fingerprint density at radius 2 is 1.25 bits per heavy atom. The van der Waals surface area contributed by atoms with Crippen LogP contribution in [-0.4, -0.2) is 91.4 Å². The molecule has 0 atom stereocenters. The van der Waals surface area contributed by atoms with Gasteiger partial charge in [-0.15, -0.1) is 0 Å². The third-order valence-corrected chi connectivity index (χ3v) is 9.00. The van der Waals surface area contributed by atoms with Crippen LogP contribution in [0.1, 0.15) is 57.5 Å². The fourth-order valence-electron chi connectivity index (χ4n) is 5.88. The molecule has 0 fully saturated rings. The molecule has 0 aliphatic heterocycles. The van der Waals surface area contributed by atoms with E-state index >= 15 is 0 Å². The van der Waals surface area contributed by atoms with Crippen LogP contribution in [0.5, 0.6) is 23.3 Å². The highest BCUT2D eigenvalue weighted by atomic mass is 16.5. The standard InChI is InChI=1S/C42H42N8O10/c1-55-37-21-30(25-51)35(23-45-37)59-26-28-7-4-14-43-41(28)32-11-17-50(48-32)19-13-40(54)58-20-6-9-34(52)31-22-38(56-2)46-24-36(31)60-27-29-8-5-15-44-42(29)33-10-16-49(47-33)18-12-39(53)57-3/h4-5,7-8,10-11,14-17,21-25H,6,9,12-13,18-20,26-27H2,1-3H3. The Morgan fingerprint density at radius 3 is 1.83 bits per heavy atom. The van der Waals surface area contributed by atoms with Gasteiger partial charge in [0.25, 0.3) is 0 Å². The third-order valence-electron chi connectivity index (χ3n) is 9.00. The van der Waals surface area contributed by atoms with E-state index in [1.54, 1.807) is 58.4 Å². The van der Waals surface area contributed by atoms with E-state index < -0.39 is 5.97 Å². The van der Waals surface area contributed by atoms with E-state index in [1.807, 2.05) is 12.1 Å². The number of carbonyl (C=O) groups is 4. The van der Waals surface area contributed by atoms with Crippen molar-refractivity contribution in [2.45, 2.75) is 52.0 Å². The average molecular weight is 819 g/mol. The largest absolute Gasteiger partial charge is 0.486 e. The highest BCUT2D eigenvalue weighted by molar-refractivity contribution is 5.98. The summed E-state index contributed by atoms with van der Waals surface area (Å²) in [4.78, 5) is 66.5. The molecule has 310 valence electrons. The van der Waals surface area contributed by atoms with Crippen molar-refractivity contribution in [3.8, 4) is 46.0 Å². The summed E-state index contributed by atoms with van der Waals surface area (Å²) in [6.45, 7) is 0.802. The summed E-state index contributed by atoms with van der Waals surface area (Å²) < 4.78 is 35.7. The summed E-state index contributed by atoms with van der Waals surface area (Å²) >= 11 is 0. The van der Waals surface area contributed by atoms with Crippen LogP contribution in [0, 0.1) is 0 Å². The second kappa shape index (κ2) is 20.8. The van der Waals surface area contributed by atoms with E-state index in [-0.39, 0.29) is 81.0 Å². The van der Waals surface area contributed by atoms with Crippen LogP contribution in [0.25, 0.3) is 22.8 Å². The van der Waals surface area contributed by atoms with E-state index in [9.17, 15) is 19.2 Å². The number of ether oxygens (including phenoxy) is 6. The zero-order valence-electron chi connectivity index (χ0n) is 33.2. The molecular weight excluding hydrogens is 777 g/mol. The number of Topliss-reactive ketones (excluding diaryl/α,β-unsaturated/α-hetero) is 1. The second-order valence-corrected chi connectivity index (χ2v) is 13.0. The summed E-state index contributed by atoms with van der Waals surface area (Å²) in [5, 5.41) is 9.12. The first kappa shape index (κ1) is 42.1.